The van der Waals surface area contributed by atoms with Crippen molar-refractivity contribution in [1.29, 1.82) is 0 Å². The number of carbonyl (C=O) groups excluding carboxylic acids is 1. The molecule has 9 heteroatoms. The van der Waals surface area contributed by atoms with E-state index in [4.69, 9.17) is 9.47 Å². The first kappa shape index (κ1) is 24.7. The lowest BCUT2D eigenvalue weighted by Crippen LogP contribution is -2.32. The van der Waals surface area contributed by atoms with Crippen molar-refractivity contribution in [2.24, 2.45) is 0 Å². The van der Waals surface area contributed by atoms with Gasteiger partial charge < -0.3 is 14.4 Å². The molecule has 35 heavy (non-hydrogen) atoms. The molecule has 1 aliphatic rings. The van der Waals surface area contributed by atoms with Gasteiger partial charge in [0, 0.05) is 18.7 Å². The zero-order chi connectivity index (χ0) is 25.2. The van der Waals surface area contributed by atoms with Gasteiger partial charge in [-0.3, -0.25) is 9.52 Å². The first-order chi connectivity index (χ1) is 16.7. The average Bonchev–Trinajstić information content (AvgIpc) is 3.23. The number of nitrogens with one attached hydrogen (secondary N) is 1. The summed E-state index contributed by atoms with van der Waals surface area (Å²) in [5.74, 6) is -0.535. The molecule has 1 N–H and O–H groups in total. The Morgan fingerprint density at radius 1 is 1.00 bits per heavy atom. The van der Waals surface area contributed by atoms with Gasteiger partial charge in [0.2, 0.25) is 0 Å². The van der Waals surface area contributed by atoms with Gasteiger partial charge in [-0.15, -0.1) is 0 Å². The number of likely N-dealkylation sites (tertiary alicyclic amines) is 1. The number of benzene rings is 3. The Bertz CT molecular complexity index is 1350. The van der Waals surface area contributed by atoms with Crippen molar-refractivity contribution in [3.63, 3.8) is 0 Å². The average molecular weight is 499 g/mol. The van der Waals surface area contributed by atoms with Crippen LogP contribution in [-0.4, -0.2) is 51.6 Å². The van der Waals surface area contributed by atoms with Crippen LogP contribution in [0, 0.1) is 19.7 Å². The molecule has 4 rings (SSSR count). The van der Waals surface area contributed by atoms with Crippen LogP contribution in [0.1, 0.15) is 21.5 Å². The molecule has 0 radical (unpaired) electrons. The minimum atomic E-state index is -4.12. The van der Waals surface area contributed by atoms with E-state index in [2.05, 4.69) is 4.72 Å². The Hall–Kier alpha value is -3.43. The summed E-state index contributed by atoms with van der Waals surface area (Å²) in [5.41, 5.74) is 2.77. The van der Waals surface area contributed by atoms with Crippen LogP contribution in [0.2, 0.25) is 0 Å². The fourth-order valence-electron chi connectivity index (χ4n) is 4.07. The van der Waals surface area contributed by atoms with Gasteiger partial charge in [-0.05, 0) is 49.7 Å². The fraction of sp³-hybridized carbons (Fsp3) is 0.269. The van der Waals surface area contributed by atoms with Gasteiger partial charge in [0.25, 0.3) is 15.9 Å². The molecule has 0 aliphatic carbocycles. The molecular formula is C26H27FN2O5S. The number of halogens is 1. The van der Waals surface area contributed by atoms with Crippen molar-refractivity contribution in [1.82, 2.24) is 4.90 Å². The molecule has 1 heterocycles. The number of amides is 1. The predicted molar refractivity (Wildman–Crippen MR) is 131 cm³/mol. The summed E-state index contributed by atoms with van der Waals surface area (Å²) in [6.45, 7) is 4.53. The van der Waals surface area contributed by atoms with Crippen molar-refractivity contribution in [2.75, 3.05) is 24.9 Å². The fourth-order valence-corrected chi connectivity index (χ4v) is 5.20. The van der Waals surface area contributed by atoms with Crippen LogP contribution in [-0.2, 0) is 14.8 Å². The number of nitrogens with zero attached hydrogens (tertiary/aromatic N) is 1. The first-order valence-corrected chi connectivity index (χ1v) is 12.6. The molecule has 0 unspecified atom stereocenters. The zero-order valence-electron chi connectivity index (χ0n) is 19.7. The molecule has 0 aromatic heterocycles. The van der Waals surface area contributed by atoms with E-state index in [1.54, 1.807) is 30.2 Å². The van der Waals surface area contributed by atoms with E-state index in [1.165, 1.54) is 24.3 Å². The highest BCUT2D eigenvalue weighted by Gasteiger charge is 2.37. The number of rotatable bonds is 7. The highest BCUT2D eigenvalue weighted by atomic mass is 32.2. The SMILES string of the molecule is CO[C@@H]1CN(C(=O)c2cc(C)ccc2C)C[C@H]1Oc1cccc(NS(=O)(=O)c2ccccc2F)c1. The van der Waals surface area contributed by atoms with Gasteiger partial charge >= 0.3 is 0 Å². The minimum Gasteiger partial charge on any atom is -0.486 e. The minimum absolute atomic E-state index is 0.0919. The molecule has 1 aliphatic heterocycles. The molecule has 7 nitrogen and oxygen atoms in total. The molecule has 0 saturated carbocycles. The zero-order valence-corrected chi connectivity index (χ0v) is 20.5. The normalized spacial score (nSPS) is 17.9. The molecule has 0 bridgehead atoms. The van der Waals surface area contributed by atoms with E-state index in [9.17, 15) is 17.6 Å². The van der Waals surface area contributed by atoms with Crippen molar-refractivity contribution in [3.8, 4) is 5.75 Å². The maximum absolute atomic E-state index is 14.0. The lowest BCUT2D eigenvalue weighted by atomic mass is 10.0. The number of hydrogen-bond donors (Lipinski definition) is 1. The molecule has 1 fully saturated rings. The summed E-state index contributed by atoms with van der Waals surface area (Å²) in [5, 5.41) is 0. The van der Waals surface area contributed by atoms with E-state index >= 15 is 0 Å². The second kappa shape index (κ2) is 10.1. The van der Waals surface area contributed by atoms with Crippen LogP contribution < -0.4 is 9.46 Å². The van der Waals surface area contributed by atoms with Gasteiger partial charge in [0.05, 0.1) is 18.8 Å². The number of methoxy groups -OCH3 is 1. The van der Waals surface area contributed by atoms with E-state index in [0.717, 1.165) is 17.2 Å². The molecule has 3 aromatic carbocycles. The van der Waals surface area contributed by atoms with Gasteiger partial charge in [-0.2, -0.15) is 0 Å². The largest absolute Gasteiger partial charge is 0.486 e. The third-order valence-corrected chi connectivity index (χ3v) is 7.34. The molecule has 1 amide bonds. The second-order valence-electron chi connectivity index (χ2n) is 8.52. The first-order valence-electron chi connectivity index (χ1n) is 11.1. The molecule has 1 saturated heterocycles. The number of carbonyl (C=O) groups is 1. The number of anilines is 1. The van der Waals surface area contributed by atoms with Gasteiger partial charge in [0.1, 0.15) is 28.7 Å². The van der Waals surface area contributed by atoms with E-state index in [-0.39, 0.29) is 17.7 Å². The molecule has 0 spiro atoms. The number of ether oxygens (including phenoxy) is 2. The smallest absolute Gasteiger partial charge is 0.264 e. The number of hydrogen-bond acceptors (Lipinski definition) is 5. The Morgan fingerprint density at radius 3 is 2.49 bits per heavy atom. The molecule has 3 aromatic rings. The van der Waals surface area contributed by atoms with Crippen LogP contribution in [0.25, 0.3) is 0 Å². The van der Waals surface area contributed by atoms with Crippen LogP contribution in [0.5, 0.6) is 5.75 Å². The van der Waals surface area contributed by atoms with Crippen molar-refractivity contribution < 1.29 is 27.1 Å². The number of aryl methyl sites for hydroxylation is 2. The summed E-state index contributed by atoms with van der Waals surface area (Å²) in [7, 11) is -2.56. The molecule has 184 valence electrons. The molecule has 2 atom stereocenters. The van der Waals surface area contributed by atoms with Crippen LogP contribution >= 0.6 is 0 Å². The lowest BCUT2D eigenvalue weighted by molar-refractivity contribution is 0.0340. The summed E-state index contributed by atoms with van der Waals surface area (Å²) in [6, 6.07) is 17.3. The Balaban J connectivity index is 1.49. The van der Waals surface area contributed by atoms with Crippen molar-refractivity contribution in [2.45, 2.75) is 31.0 Å². The van der Waals surface area contributed by atoms with Crippen molar-refractivity contribution in [3.05, 3.63) is 89.2 Å². The Labute approximate surface area is 204 Å². The summed E-state index contributed by atoms with van der Waals surface area (Å²) in [4.78, 5) is 14.4. The summed E-state index contributed by atoms with van der Waals surface area (Å²) < 4.78 is 53.3. The highest BCUT2D eigenvalue weighted by Crippen LogP contribution is 2.26. The van der Waals surface area contributed by atoms with E-state index < -0.39 is 26.8 Å². The van der Waals surface area contributed by atoms with E-state index in [1.807, 2.05) is 32.0 Å². The lowest BCUT2D eigenvalue weighted by Gasteiger charge is -2.19. The summed E-state index contributed by atoms with van der Waals surface area (Å²) in [6.07, 6.45) is -0.810. The third kappa shape index (κ3) is 5.47. The standard InChI is InChI=1S/C26H27FN2O5S/c1-17-11-12-18(2)21(13-17)26(30)29-15-23(33-3)24(16-29)34-20-8-6-7-19(14-20)28-35(31,32)25-10-5-4-9-22(25)27/h4-14,23-24,28H,15-16H2,1-3H3/t23-,24-/m1/s1. The molecular weight excluding hydrogens is 471 g/mol. The van der Waals surface area contributed by atoms with Gasteiger partial charge in [-0.25, -0.2) is 12.8 Å². The predicted octanol–water partition coefficient (Wildman–Crippen LogP) is 4.16. The van der Waals surface area contributed by atoms with Gasteiger partial charge in [0.15, 0.2) is 0 Å². The van der Waals surface area contributed by atoms with E-state index in [0.29, 0.717) is 24.4 Å². The second-order valence-corrected chi connectivity index (χ2v) is 10.2. The third-order valence-electron chi connectivity index (χ3n) is 5.93. The highest BCUT2D eigenvalue weighted by molar-refractivity contribution is 7.92. The van der Waals surface area contributed by atoms with Crippen LogP contribution in [0.15, 0.2) is 71.6 Å². The quantitative estimate of drug-likeness (QED) is 0.529. The van der Waals surface area contributed by atoms with Crippen LogP contribution in [0.4, 0.5) is 10.1 Å². The maximum atomic E-state index is 14.0. The maximum Gasteiger partial charge on any atom is 0.264 e. The summed E-state index contributed by atoms with van der Waals surface area (Å²) >= 11 is 0. The number of sulfonamides is 1. The van der Waals surface area contributed by atoms with Gasteiger partial charge in [-0.1, -0.05) is 35.9 Å². The topological polar surface area (TPSA) is 84.9 Å². The monoisotopic (exact) mass is 498 g/mol. The Morgan fingerprint density at radius 2 is 1.74 bits per heavy atom. The Kier molecular flexibility index (Phi) is 7.09. The van der Waals surface area contributed by atoms with Crippen LogP contribution in [0.3, 0.4) is 0 Å². The van der Waals surface area contributed by atoms with Crippen molar-refractivity contribution >= 4 is 21.6 Å².